The number of rotatable bonds is 3. The van der Waals surface area contributed by atoms with Crippen LogP contribution in [0.1, 0.15) is 5.56 Å². The molecule has 0 fully saturated rings. The van der Waals surface area contributed by atoms with E-state index in [1.54, 1.807) is 4.90 Å². The molecule has 1 aromatic heterocycles. The molecule has 1 N–H and O–H groups in total. The summed E-state index contributed by atoms with van der Waals surface area (Å²) in [4.78, 5) is 13.9. The Kier molecular flexibility index (Phi) is 3.27. The molecule has 1 aliphatic heterocycles. The van der Waals surface area contributed by atoms with Crippen LogP contribution in [0.4, 0.5) is 0 Å². The smallest absolute Gasteiger partial charge is 0.243 e. The zero-order valence-corrected chi connectivity index (χ0v) is 11.4. The van der Waals surface area contributed by atoms with E-state index >= 15 is 0 Å². The first-order chi connectivity index (χ1) is 9.24. The maximum Gasteiger partial charge on any atom is 0.243 e. The lowest BCUT2D eigenvalue weighted by molar-refractivity contribution is -0.131. The molecule has 0 aliphatic carbocycles. The van der Waals surface area contributed by atoms with Crippen LogP contribution in [0.25, 0.3) is 11.0 Å². The second-order valence-corrected chi connectivity index (χ2v) is 5.12. The van der Waals surface area contributed by atoms with Gasteiger partial charge in [0.05, 0.1) is 11.7 Å². The van der Waals surface area contributed by atoms with Crippen LogP contribution in [0.2, 0.25) is 0 Å². The minimum Gasteiger partial charge on any atom is -0.340 e. The first-order valence-corrected chi connectivity index (χ1v) is 6.83. The summed E-state index contributed by atoms with van der Waals surface area (Å²) < 4.78 is 8.38. The number of hydrogen-bond donors (Lipinski definition) is 1. The van der Waals surface area contributed by atoms with Gasteiger partial charge in [-0.3, -0.25) is 10.1 Å². The zero-order chi connectivity index (χ0) is 13.2. The second kappa shape index (κ2) is 5.07. The molecule has 0 spiro atoms. The SMILES string of the molecule is CN(Cc1ccc2nsnc2c1)C(=O)[C@@H]1C=CCN1. The van der Waals surface area contributed by atoms with E-state index in [0.717, 1.165) is 23.1 Å². The van der Waals surface area contributed by atoms with Crippen molar-refractivity contribution < 1.29 is 4.79 Å². The molecule has 1 amide bonds. The van der Waals surface area contributed by atoms with Gasteiger partial charge in [0.15, 0.2) is 0 Å². The molecule has 1 atom stereocenters. The van der Waals surface area contributed by atoms with Gasteiger partial charge in [-0.2, -0.15) is 8.75 Å². The molecule has 1 aliphatic rings. The molecular formula is C13H14N4OS. The highest BCUT2D eigenvalue weighted by Gasteiger charge is 2.21. The lowest BCUT2D eigenvalue weighted by atomic mass is 10.1. The summed E-state index contributed by atoms with van der Waals surface area (Å²) in [5.41, 5.74) is 2.86. The first-order valence-electron chi connectivity index (χ1n) is 6.10. The predicted octanol–water partition coefficient (Wildman–Crippen LogP) is 1.18. The van der Waals surface area contributed by atoms with Crippen molar-refractivity contribution in [3.05, 3.63) is 35.9 Å². The van der Waals surface area contributed by atoms with Gasteiger partial charge in [-0.25, -0.2) is 0 Å². The number of aromatic nitrogens is 2. The van der Waals surface area contributed by atoms with Crippen LogP contribution < -0.4 is 5.32 Å². The number of fused-ring (bicyclic) bond motifs is 1. The first kappa shape index (κ1) is 12.3. The van der Waals surface area contributed by atoms with Crippen LogP contribution in [0, 0.1) is 0 Å². The Morgan fingerprint density at radius 2 is 2.32 bits per heavy atom. The highest BCUT2D eigenvalue weighted by atomic mass is 32.1. The largest absolute Gasteiger partial charge is 0.340 e. The molecule has 2 aromatic rings. The molecule has 2 heterocycles. The summed E-state index contributed by atoms with van der Waals surface area (Å²) in [5.74, 6) is 0.0882. The second-order valence-electron chi connectivity index (χ2n) is 4.60. The summed E-state index contributed by atoms with van der Waals surface area (Å²) >= 11 is 1.21. The number of benzene rings is 1. The van der Waals surface area contributed by atoms with E-state index in [4.69, 9.17) is 0 Å². The fourth-order valence-electron chi connectivity index (χ4n) is 2.15. The third-order valence-electron chi connectivity index (χ3n) is 3.16. The molecule has 0 saturated carbocycles. The average molecular weight is 274 g/mol. The Morgan fingerprint density at radius 3 is 3.11 bits per heavy atom. The number of hydrogen-bond acceptors (Lipinski definition) is 5. The Bertz CT molecular complexity index is 636. The van der Waals surface area contributed by atoms with Gasteiger partial charge in [0.2, 0.25) is 5.91 Å². The monoisotopic (exact) mass is 274 g/mol. The van der Waals surface area contributed by atoms with Crippen LogP contribution in [-0.2, 0) is 11.3 Å². The Hall–Kier alpha value is -1.79. The van der Waals surface area contributed by atoms with Gasteiger partial charge in [0, 0.05) is 20.1 Å². The van der Waals surface area contributed by atoms with E-state index in [9.17, 15) is 4.79 Å². The topological polar surface area (TPSA) is 58.1 Å². The van der Waals surface area contributed by atoms with Crippen molar-refractivity contribution in [1.82, 2.24) is 19.0 Å². The summed E-state index contributed by atoms with van der Waals surface area (Å²) in [6.07, 6.45) is 3.88. The highest BCUT2D eigenvalue weighted by Crippen LogP contribution is 2.15. The third kappa shape index (κ3) is 2.50. The van der Waals surface area contributed by atoms with Crippen molar-refractivity contribution in [2.45, 2.75) is 12.6 Å². The summed E-state index contributed by atoms with van der Waals surface area (Å²) in [6, 6.07) is 5.74. The zero-order valence-electron chi connectivity index (χ0n) is 10.5. The number of amides is 1. The maximum absolute atomic E-state index is 12.1. The summed E-state index contributed by atoms with van der Waals surface area (Å²) in [7, 11) is 1.82. The van der Waals surface area contributed by atoms with Crippen LogP contribution in [-0.4, -0.2) is 39.2 Å². The molecular weight excluding hydrogens is 260 g/mol. The lowest BCUT2D eigenvalue weighted by Crippen LogP contribution is -2.41. The highest BCUT2D eigenvalue weighted by molar-refractivity contribution is 7.00. The minimum atomic E-state index is -0.185. The standard InChI is InChI=1S/C13H14N4OS/c1-17(13(18)11-3-2-6-14-11)8-9-4-5-10-12(7-9)16-19-15-10/h2-5,7,11,14H,6,8H2,1H3/t11-/m0/s1. The van der Waals surface area contributed by atoms with Gasteiger partial charge in [0.25, 0.3) is 0 Å². The van der Waals surface area contributed by atoms with Gasteiger partial charge in [-0.1, -0.05) is 18.2 Å². The van der Waals surface area contributed by atoms with Gasteiger partial charge in [0.1, 0.15) is 17.1 Å². The molecule has 0 bridgehead atoms. The van der Waals surface area contributed by atoms with Crippen molar-refractivity contribution >= 4 is 28.7 Å². The molecule has 6 heteroatoms. The molecule has 98 valence electrons. The number of carbonyl (C=O) groups excluding carboxylic acids is 1. The van der Waals surface area contributed by atoms with E-state index in [0.29, 0.717) is 6.54 Å². The van der Waals surface area contributed by atoms with Crippen LogP contribution in [0.3, 0.4) is 0 Å². The number of likely N-dealkylation sites (N-methyl/N-ethyl adjacent to an activating group) is 1. The summed E-state index contributed by atoms with van der Waals surface area (Å²) in [5, 5.41) is 3.13. The Morgan fingerprint density at radius 1 is 1.47 bits per heavy atom. The van der Waals surface area contributed by atoms with E-state index in [-0.39, 0.29) is 11.9 Å². The molecule has 0 unspecified atom stereocenters. The molecule has 1 aromatic carbocycles. The van der Waals surface area contributed by atoms with Gasteiger partial charge in [-0.05, 0) is 17.7 Å². The van der Waals surface area contributed by atoms with Crippen molar-refractivity contribution in [2.24, 2.45) is 0 Å². The lowest BCUT2D eigenvalue weighted by Gasteiger charge is -2.20. The van der Waals surface area contributed by atoms with E-state index in [1.807, 2.05) is 37.4 Å². The van der Waals surface area contributed by atoms with Gasteiger partial charge >= 0.3 is 0 Å². The van der Waals surface area contributed by atoms with Crippen LogP contribution >= 0.6 is 11.7 Å². The molecule has 3 rings (SSSR count). The number of carbonyl (C=O) groups is 1. The average Bonchev–Trinajstić information content (AvgIpc) is 3.08. The fraction of sp³-hybridized carbons (Fsp3) is 0.308. The summed E-state index contributed by atoms with van der Waals surface area (Å²) in [6.45, 7) is 1.35. The van der Waals surface area contributed by atoms with Crippen molar-refractivity contribution in [3.8, 4) is 0 Å². The maximum atomic E-state index is 12.1. The minimum absolute atomic E-state index is 0.0882. The van der Waals surface area contributed by atoms with Gasteiger partial charge in [-0.15, -0.1) is 0 Å². The Labute approximate surface area is 115 Å². The molecule has 19 heavy (non-hydrogen) atoms. The Balaban J connectivity index is 1.72. The van der Waals surface area contributed by atoms with Crippen LogP contribution in [0.5, 0.6) is 0 Å². The molecule has 0 radical (unpaired) electrons. The molecule has 0 saturated heterocycles. The van der Waals surface area contributed by atoms with Gasteiger partial charge < -0.3 is 4.90 Å². The van der Waals surface area contributed by atoms with Crippen LogP contribution in [0.15, 0.2) is 30.4 Å². The quantitative estimate of drug-likeness (QED) is 0.854. The molecule has 5 nitrogen and oxygen atoms in total. The van der Waals surface area contributed by atoms with Crippen molar-refractivity contribution in [1.29, 1.82) is 0 Å². The van der Waals surface area contributed by atoms with E-state index in [2.05, 4.69) is 14.1 Å². The fourth-order valence-corrected chi connectivity index (χ4v) is 2.67. The van der Waals surface area contributed by atoms with Crippen molar-refractivity contribution in [2.75, 3.05) is 13.6 Å². The normalized spacial score (nSPS) is 18.1. The predicted molar refractivity (Wildman–Crippen MR) is 74.8 cm³/mol. The van der Waals surface area contributed by atoms with Crippen molar-refractivity contribution in [3.63, 3.8) is 0 Å². The third-order valence-corrected chi connectivity index (χ3v) is 3.72. The van der Waals surface area contributed by atoms with E-state index in [1.165, 1.54) is 11.7 Å². The number of nitrogens with zero attached hydrogens (tertiary/aromatic N) is 3. The van der Waals surface area contributed by atoms with E-state index < -0.39 is 0 Å². The number of nitrogens with one attached hydrogen (secondary N) is 1.